The molecule has 2 aliphatic heterocycles. The lowest BCUT2D eigenvalue weighted by atomic mass is 9.64. The highest BCUT2D eigenvalue weighted by molar-refractivity contribution is 6.07. The highest BCUT2D eigenvalue weighted by atomic mass is 16.5. The van der Waals surface area contributed by atoms with E-state index in [9.17, 15) is 0 Å². The molecule has 0 amide bonds. The molecule has 0 aromatic heterocycles. The van der Waals surface area contributed by atoms with E-state index in [0.29, 0.717) is 0 Å². The minimum atomic E-state index is -0.440. The van der Waals surface area contributed by atoms with Gasteiger partial charge in [0.05, 0.1) is 23.9 Å². The third-order valence-electron chi connectivity index (χ3n) is 13.4. The fourth-order valence-electron chi connectivity index (χ4n) is 10.7. The number of allylic oxidation sites excluding steroid dienone is 4. The van der Waals surface area contributed by atoms with Crippen LogP contribution in [0, 0.1) is 0 Å². The highest BCUT2D eigenvalue weighted by Gasteiger charge is 2.52. The van der Waals surface area contributed by atoms with E-state index in [-0.39, 0.29) is 18.5 Å². The summed E-state index contributed by atoms with van der Waals surface area (Å²) in [6, 6.07) is 64.4. The van der Waals surface area contributed by atoms with Crippen LogP contribution in [-0.4, -0.2) is 11.9 Å². The van der Waals surface area contributed by atoms with Gasteiger partial charge in [-0.2, -0.15) is 0 Å². The van der Waals surface area contributed by atoms with Crippen LogP contribution in [0.3, 0.4) is 0 Å². The van der Waals surface area contributed by atoms with Gasteiger partial charge in [0.1, 0.15) is 11.5 Å². The minimum absolute atomic E-state index is 0.0375. The number of hydrogen-bond donors (Lipinski definition) is 2. The number of hydrogen-bond acceptors (Lipinski definition) is 4. The van der Waals surface area contributed by atoms with Gasteiger partial charge in [0.15, 0.2) is 0 Å². The van der Waals surface area contributed by atoms with Crippen LogP contribution in [0.4, 0.5) is 0 Å². The molecule has 4 heteroatoms. The molecule has 2 aliphatic carbocycles. The van der Waals surface area contributed by atoms with E-state index in [1.807, 2.05) is 0 Å². The SMILES string of the molecule is CN1C(c2ccccc2)NC(c2ccc3c(ccc4ccccc43)c2)NC1c1ccccc1-c1ccc2c(c1)Oc1ccccc1C21C2=C(CCC=C2)c2ccccc21. The molecule has 2 heterocycles. The minimum Gasteiger partial charge on any atom is -0.457 e. The summed E-state index contributed by atoms with van der Waals surface area (Å²) < 4.78 is 6.96. The molecule has 4 nitrogen and oxygen atoms in total. The summed E-state index contributed by atoms with van der Waals surface area (Å²) in [5.74, 6) is 1.83. The lowest BCUT2D eigenvalue weighted by molar-refractivity contribution is 0.0419. The van der Waals surface area contributed by atoms with Crippen molar-refractivity contribution in [3.05, 3.63) is 233 Å². The lowest BCUT2D eigenvalue weighted by Crippen LogP contribution is -2.55. The second-order valence-electron chi connectivity index (χ2n) is 16.4. The molecule has 8 aromatic carbocycles. The zero-order valence-corrected chi connectivity index (χ0v) is 32.9. The largest absolute Gasteiger partial charge is 0.457 e. The van der Waals surface area contributed by atoms with Crippen LogP contribution >= 0.6 is 0 Å². The maximum absolute atomic E-state index is 6.96. The van der Waals surface area contributed by atoms with E-state index < -0.39 is 5.41 Å². The lowest BCUT2D eigenvalue weighted by Gasteiger charge is -2.46. The van der Waals surface area contributed by atoms with E-state index in [2.05, 4.69) is 211 Å². The van der Waals surface area contributed by atoms with Crippen LogP contribution < -0.4 is 15.4 Å². The summed E-state index contributed by atoms with van der Waals surface area (Å²) in [7, 11) is 2.22. The molecule has 59 heavy (non-hydrogen) atoms. The first-order valence-electron chi connectivity index (χ1n) is 20.9. The molecule has 1 spiro atoms. The predicted octanol–water partition coefficient (Wildman–Crippen LogP) is 12.7. The molecular formula is C55H43N3O. The highest BCUT2D eigenvalue weighted by Crippen LogP contribution is 2.63. The van der Waals surface area contributed by atoms with Gasteiger partial charge >= 0.3 is 0 Å². The van der Waals surface area contributed by atoms with E-state index >= 15 is 0 Å². The zero-order valence-electron chi connectivity index (χ0n) is 32.9. The molecule has 0 bridgehead atoms. The second kappa shape index (κ2) is 13.5. The summed E-state index contributed by atoms with van der Waals surface area (Å²) in [6.45, 7) is 0. The standard InChI is InChI=1S/C55H43N3O/c1-58-53(36-16-3-2-4-17-36)56-52(39-29-31-42-37(33-39)28-27-35-15-5-6-18-40(35)42)57-54(58)45-22-8-7-19-41(45)38-30-32-49-51(34-38)59-50-26-14-13-25-48(50)55(49)46-23-11-9-20-43(46)44-21-10-12-24-47(44)55/h2-9,11-20,22-34,52-54,56-57H,10,21H2,1H3. The number of nitrogens with one attached hydrogen (secondary N) is 2. The fourth-order valence-corrected chi connectivity index (χ4v) is 10.7. The molecular weight excluding hydrogens is 719 g/mol. The Kier molecular flexibility index (Phi) is 7.89. The van der Waals surface area contributed by atoms with Crippen molar-refractivity contribution in [1.29, 1.82) is 0 Å². The van der Waals surface area contributed by atoms with Gasteiger partial charge in [0.25, 0.3) is 0 Å². The smallest absolute Gasteiger partial charge is 0.132 e. The summed E-state index contributed by atoms with van der Waals surface area (Å²) in [5, 5.41) is 13.1. The normalized spacial score (nSPS) is 21.9. The molecule has 4 aliphatic rings. The number of nitrogens with zero attached hydrogens (tertiary/aromatic N) is 1. The average molecular weight is 762 g/mol. The maximum Gasteiger partial charge on any atom is 0.132 e. The number of para-hydroxylation sites is 1. The van der Waals surface area contributed by atoms with Gasteiger partial charge in [0, 0.05) is 11.1 Å². The summed E-state index contributed by atoms with van der Waals surface area (Å²) in [5.41, 5.74) is 13.5. The zero-order chi connectivity index (χ0) is 39.1. The van der Waals surface area contributed by atoms with Crippen LogP contribution in [0.1, 0.15) is 70.3 Å². The third-order valence-corrected chi connectivity index (χ3v) is 13.4. The monoisotopic (exact) mass is 761 g/mol. The number of benzene rings is 8. The quantitative estimate of drug-likeness (QED) is 0.175. The van der Waals surface area contributed by atoms with Crippen molar-refractivity contribution in [3.8, 4) is 22.6 Å². The predicted molar refractivity (Wildman–Crippen MR) is 240 cm³/mol. The first-order chi connectivity index (χ1) is 29.2. The molecule has 8 aromatic rings. The van der Waals surface area contributed by atoms with Crippen molar-refractivity contribution in [2.24, 2.45) is 0 Å². The number of fused-ring (bicyclic) bond motifs is 11. The van der Waals surface area contributed by atoms with Gasteiger partial charge in [-0.1, -0.05) is 170 Å². The summed E-state index contributed by atoms with van der Waals surface area (Å²) >= 11 is 0. The van der Waals surface area contributed by atoms with Crippen molar-refractivity contribution in [2.75, 3.05) is 7.05 Å². The van der Waals surface area contributed by atoms with Crippen LogP contribution in [0.5, 0.6) is 11.5 Å². The van der Waals surface area contributed by atoms with Crippen molar-refractivity contribution < 1.29 is 4.74 Å². The van der Waals surface area contributed by atoms with Crippen molar-refractivity contribution in [2.45, 2.75) is 36.8 Å². The second-order valence-corrected chi connectivity index (χ2v) is 16.4. The van der Waals surface area contributed by atoms with Crippen LogP contribution in [0.15, 0.2) is 194 Å². The first-order valence-corrected chi connectivity index (χ1v) is 20.9. The topological polar surface area (TPSA) is 36.5 Å². The molecule has 0 saturated carbocycles. The van der Waals surface area contributed by atoms with E-state index in [0.717, 1.165) is 29.9 Å². The van der Waals surface area contributed by atoms with Gasteiger partial charge in [-0.25, -0.2) is 0 Å². The van der Waals surface area contributed by atoms with Gasteiger partial charge in [-0.05, 0) is 110 Å². The van der Waals surface area contributed by atoms with Gasteiger partial charge < -0.3 is 4.74 Å². The number of ether oxygens (including phenoxy) is 1. The van der Waals surface area contributed by atoms with Gasteiger partial charge in [-0.3, -0.25) is 15.5 Å². The Labute approximate surface area is 345 Å². The maximum atomic E-state index is 6.96. The molecule has 2 N–H and O–H groups in total. The molecule has 4 unspecified atom stereocenters. The Morgan fingerprint density at radius 1 is 0.559 bits per heavy atom. The van der Waals surface area contributed by atoms with Crippen LogP contribution in [0.25, 0.3) is 38.2 Å². The van der Waals surface area contributed by atoms with Gasteiger partial charge in [0.2, 0.25) is 0 Å². The van der Waals surface area contributed by atoms with Crippen molar-refractivity contribution >= 4 is 27.1 Å². The van der Waals surface area contributed by atoms with Crippen molar-refractivity contribution in [1.82, 2.24) is 15.5 Å². The van der Waals surface area contributed by atoms with Crippen LogP contribution in [-0.2, 0) is 5.41 Å². The first kappa shape index (κ1) is 34.5. The molecule has 1 fully saturated rings. The Morgan fingerprint density at radius 2 is 1.27 bits per heavy atom. The molecule has 4 atom stereocenters. The Bertz CT molecular complexity index is 3040. The molecule has 0 radical (unpaired) electrons. The Hall–Kier alpha value is -6.56. The fraction of sp³-hybridized carbons (Fsp3) is 0.127. The Balaban J connectivity index is 0.983. The molecule has 12 rings (SSSR count). The molecule has 284 valence electrons. The third kappa shape index (κ3) is 5.20. The summed E-state index contributed by atoms with van der Waals surface area (Å²) in [4.78, 5) is 2.43. The van der Waals surface area contributed by atoms with Crippen LogP contribution in [0.2, 0.25) is 0 Å². The average Bonchev–Trinajstić information content (AvgIpc) is 3.59. The van der Waals surface area contributed by atoms with E-state index in [1.165, 1.54) is 77.2 Å². The number of rotatable bonds is 4. The van der Waals surface area contributed by atoms with Crippen molar-refractivity contribution in [3.63, 3.8) is 0 Å². The molecule has 1 saturated heterocycles. The van der Waals surface area contributed by atoms with E-state index in [1.54, 1.807) is 0 Å². The summed E-state index contributed by atoms with van der Waals surface area (Å²) in [6.07, 6.45) is 6.60. The van der Waals surface area contributed by atoms with Gasteiger partial charge in [-0.15, -0.1) is 0 Å². The Morgan fingerprint density at radius 3 is 2.19 bits per heavy atom. The van der Waals surface area contributed by atoms with E-state index in [4.69, 9.17) is 4.74 Å².